The molecule has 1 amide bonds. The minimum Gasteiger partial charge on any atom is -0.493 e. The van der Waals surface area contributed by atoms with Gasteiger partial charge < -0.3 is 14.4 Å². The summed E-state index contributed by atoms with van der Waals surface area (Å²) in [5, 5.41) is 0. The molecule has 2 aromatic rings. The van der Waals surface area contributed by atoms with Crippen molar-refractivity contribution < 1.29 is 14.3 Å². The van der Waals surface area contributed by atoms with Gasteiger partial charge in [0.25, 0.3) is 0 Å². The maximum absolute atomic E-state index is 12.5. The highest BCUT2D eigenvalue weighted by Gasteiger charge is 2.25. The first-order valence-electron chi connectivity index (χ1n) is 9.30. The number of benzene rings is 2. The van der Waals surface area contributed by atoms with Crippen LogP contribution in [0.5, 0.6) is 5.75 Å². The average molecular weight is 353 g/mol. The van der Waals surface area contributed by atoms with Crippen LogP contribution in [0, 0.1) is 0 Å². The summed E-state index contributed by atoms with van der Waals surface area (Å²) in [5.74, 6) is 1.43. The lowest BCUT2D eigenvalue weighted by Crippen LogP contribution is -2.42. The Hall–Kier alpha value is -2.33. The second kappa shape index (κ2) is 8.86. The maximum atomic E-state index is 12.5. The average Bonchev–Trinajstić information content (AvgIpc) is 2.69. The minimum absolute atomic E-state index is 0.0519. The lowest BCUT2D eigenvalue weighted by molar-refractivity contribution is -0.139. The van der Waals surface area contributed by atoms with Crippen molar-refractivity contribution in [1.29, 1.82) is 0 Å². The Morgan fingerprint density at radius 1 is 1.15 bits per heavy atom. The van der Waals surface area contributed by atoms with E-state index in [0.29, 0.717) is 38.6 Å². The van der Waals surface area contributed by atoms with Crippen molar-refractivity contribution >= 4 is 5.91 Å². The van der Waals surface area contributed by atoms with Gasteiger partial charge in [-0.3, -0.25) is 4.79 Å². The van der Waals surface area contributed by atoms with E-state index in [1.54, 1.807) is 0 Å². The molecule has 4 heteroatoms. The van der Waals surface area contributed by atoms with E-state index >= 15 is 0 Å². The number of carbonyl (C=O) groups is 1. The molecule has 0 saturated carbocycles. The van der Waals surface area contributed by atoms with E-state index in [2.05, 4.69) is 38.1 Å². The van der Waals surface area contributed by atoms with Crippen LogP contribution in [-0.4, -0.2) is 37.1 Å². The van der Waals surface area contributed by atoms with Gasteiger partial charge in [0, 0.05) is 6.54 Å². The summed E-state index contributed by atoms with van der Waals surface area (Å²) >= 11 is 0. The Balaban J connectivity index is 1.51. The molecule has 0 aliphatic carbocycles. The molecule has 0 N–H and O–H groups in total. The SMILES string of the molecule is CC(C)c1ccc(C2CN(C(=O)CCOc3ccccc3)CCO2)cc1. The highest BCUT2D eigenvalue weighted by atomic mass is 16.5. The van der Waals surface area contributed by atoms with Crippen molar-refractivity contribution in [3.05, 3.63) is 65.7 Å². The number of amides is 1. The van der Waals surface area contributed by atoms with Gasteiger partial charge in [-0.25, -0.2) is 0 Å². The summed E-state index contributed by atoms with van der Waals surface area (Å²) < 4.78 is 11.5. The second-order valence-corrected chi connectivity index (χ2v) is 6.93. The van der Waals surface area contributed by atoms with E-state index in [0.717, 1.165) is 11.3 Å². The van der Waals surface area contributed by atoms with E-state index < -0.39 is 0 Å². The standard InChI is InChI=1S/C22H27NO3/c1-17(2)18-8-10-19(11-9-18)21-16-23(13-15-26-21)22(24)12-14-25-20-6-4-3-5-7-20/h3-11,17,21H,12-16H2,1-2H3. The number of hydrogen-bond donors (Lipinski definition) is 0. The maximum Gasteiger partial charge on any atom is 0.226 e. The fourth-order valence-corrected chi connectivity index (χ4v) is 3.10. The fraction of sp³-hybridized carbons (Fsp3) is 0.409. The smallest absolute Gasteiger partial charge is 0.226 e. The molecule has 1 aliphatic heterocycles. The van der Waals surface area contributed by atoms with E-state index in [-0.39, 0.29) is 12.0 Å². The zero-order valence-electron chi connectivity index (χ0n) is 15.6. The first-order chi connectivity index (χ1) is 12.6. The summed E-state index contributed by atoms with van der Waals surface area (Å²) in [6, 6.07) is 18.1. The van der Waals surface area contributed by atoms with Gasteiger partial charge in [0.1, 0.15) is 11.9 Å². The molecule has 1 fully saturated rings. The summed E-state index contributed by atoms with van der Waals surface area (Å²) in [7, 11) is 0. The molecule has 2 aromatic carbocycles. The van der Waals surface area contributed by atoms with Crippen molar-refractivity contribution in [2.24, 2.45) is 0 Å². The molecule has 26 heavy (non-hydrogen) atoms. The molecule has 0 aromatic heterocycles. The van der Waals surface area contributed by atoms with Crippen LogP contribution in [0.15, 0.2) is 54.6 Å². The fourth-order valence-electron chi connectivity index (χ4n) is 3.10. The summed E-state index contributed by atoms with van der Waals surface area (Å²) in [5.41, 5.74) is 2.45. The Morgan fingerprint density at radius 3 is 2.58 bits per heavy atom. The summed E-state index contributed by atoms with van der Waals surface area (Å²) in [4.78, 5) is 14.4. The minimum atomic E-state index is -0.0519. The highest BCUT2D eigenvalue weighted by Crippen LogP contribution is 2.24. The van der Waals surface area contributed by atoms with Crippen LogP contribution >= 0.6 is 0 Å². The monoisotopic (exact) mass is 353 g/mol. The molecule has 1 unspecified atom stereocenters. The van der Waals surface area contributed by atoms with E-state index in [1.807, 2.05) is 35.2 Å². The Morgan fingerprint density at radius 2 is 1.88 bits per heavy atom. The van der Waals surface area contributed by atoms with Gasteiger partial charge in [-0.15, -0.1) is 0 Å². The number of carbonyl (C=O) groups excluding carboxylic acids is 1. The third-order valence-electron chi connectivity index (χ3n) is 4.72. The predicted octanol–water partition coefficient (Wildman–Crippen LogP) is 4.18. The van der Waals surface area contributed by atoms with Crippen LogP contribution in [0.1, 0.15) is 43.4 Å². The molecule has 4 nitrogen and oxygen atoms in total. The number of hydrogen-bond acceptors (Lipinski definition) is 3. The number of ether oxygens (including phenoxy) is 2. The molecule has 1 saturated heterocycles. The quantitative estimate of drug-likeness (QED) is 0.782. The predicted molar refractivity (Wildman–Crippen MR) is 102 cm³/mol. The topological polar surface area (TPSA) is 38.8 Å². The molecule has 0 radical (unpaired) electrons. The van der Waals surface area contributed by atoms with Crippen LogP contribution in [0.25, 0.3) is 0 Å². The molecule has 1 atom stereocenters. The van der Waals surface area contributed by atoms with Crippen LogP contribution in [-0.2, 0) is 9.53 Å². The van der Waals surface area contributed by atoms with Crippen molar-refractivity contribution in [3.8, 4) is 5.75 Å². The molecular weight excluding hydrogens is 326 g/mol. The molecule has 138 valence electrons. The Kier molecular flexibility index (Phi) is 6.29. The van der Waals surface area contributed by atoms with Gasteiger partial charge in [-0.05, 0) is 29.2 Å². The number of para-hydroxylation sites is 1. The third kappa shape index (κ3) is 4.85. The van der Waals surface area contributed by atoms with Gasteiger partial charge in [0.2, 0.25) is 5.91 Å². The van der Waals surface area contributed by atoms with Crippen molar-refractivity contribution in [1.82, 2.24) is 4.90 Å². The van der Waals surface area contributed by atoms with Gasteiger partial charge in [-0.2, -0.15) is 0 Å². The third-order valence-corrected chi connectivity index (χ3v) is 4.72. The zero-order chi connectivity index (χ0) is 18.4. The number of rotatable bonds is 6. The summed E-state index contributed by atoms with van der Waals surface area (Å²) in [6.07, 6.45) is 0.331. The highest BCUT2D eigenvalue weighted by molar-refractivity contribution is 5.76. The molecule has 1 aliphatic rings. The largest absolute Gasteiger partial charge is 0.493 e. The Bertz CT molecular complexity index is 697. The van der Waals surface area contributed by atoms with E-state index in [1.165, 1.54) is 5.56 Å². The van der Waals surface area contributed by atoms with Gasteiger partial charge in [0.15, 0.2) is 0 Å². The van der Waals surface area contributed by atoms with Gasteiger partial charge in [0.05, 0.1) is 26.2 Å². The van der Waals surface area contributed by atoms with Crippen molar-refractivity contribution in [2.45, 2.75) is 32.3 Å². The van der Waals surface area contributed by atoms with Crippen molar-refractivity contribution in [2.75, 3.05) is 26.3 Å². The van der Waals surface area contributed by atoms with Crippen molar-refractivity contribution in [3.63, 3.8) is 0 Å². The number of nitrogens with zero attached hydrogens (tertiary/aromatic N) is 1. The van der Waals surface area contributed by atoms with Crippen LogP contribution < -0.4 is 4.74 Å². The molecule has 0 bridgehead atoms. The second-order valence-electron chi connectivity index (χ2n) is 6.93. The van der Waals surface area contributed by atoms with Crippen LogP contribution in [0.3, 0.4) is 0 Å². The first-order valence-corrected chi connectivity index (χ1v) is 9.30. The Labute approximate surface area is 155 Å². The first kappa shape index (κ1) is 18.5. The zero-order valence-corrected chi connectivity index (χ0v) is 15.6. The lowest BCUT2D eigenvalue weighted by atomic mass is 9.99. The normalized spacial score (nSPS) is 17.3. The van der Waals surface area contributed by atoms with Gasteiger partial charge >= 0.3 is 0 Å². The molecule has 0 spiro atoms. The molecule has 1 heterocycles. The molecule has 3 rings (SSSR count). The number of morpholine rings is 1. The van der Waals surface area contributed by atoms with Gasteiger partial charge in [-0.1, -0.05) is 56.3 Å². The van der Waals surface area contributed by atoms with Crippen LogP contribution in [0.2, 0.25) is 0 Å². The van der Waals surface area contributed by atoms with Crippen LogP contribution in [0.4, 0.5) is 0 Å². The lowest BCUT2D eigenvalue weighted by Gasteiger charge is -2.33. The summed E-state index contributed by atoms with van der Waals surface area (Å²) in [6.45, 7) is 6.58. The molecular formula is C22H27NO3. The van der Waals surface area contributed by atoms with E-state index in [9.17, 15) is 4.79 Å². The van der Waals surface area contributed by atoms with E-state index in [4.69, 9.17) is 9.47 Å².